The number of aromatic nitrogens is 4. The van der Waals surface area contributed by atoms with Crippen LogP contribution in [-0.4, -0.2) is 19.9 Å². The van der Waals surface area contributed by atoms with E-state index in [-0.39, 0.29) is 21.7 Å². The third kappa shape index (κ3) is 11.1. The fraction of sp³-hybridized carbons (Fsp3) is 0.100. The minimum absolute atomic E-state index is 0.0936. The maximum Gasteiger partial charge on any atom is 0.0794 e. The normalized spacial score (nSPS) is 14.2. The van der Waals surface area contributed by atoms with E-state index in [0.717, 1.165) is 122 Å². The van der Waals surface area contributed by atoms with Crippen LogP contribution in [0.3, 0.4) is 0 Å². The molecule has 0 unspecified atom stereocenters. The summed E-state index contributed by atoms with van der Waals surface area (Å²) >= 11 is 0. The summed E-state index contributed by atoms with van der Waals surface area (Å²) in [5.74, 6) is 0. The lowest BCUT2D eigenvalue weighted by atomic mass is 9.81. The molecule has 0 radical (unpaired) electrons. The molecule has 21 aromatic rings. The van der Waals surface area contributed by atoms with Crippen LogP contribution in [0.4, 0.5) is 0 Å². The lowest BCUT2D eigenvalue weighted by Gasteiger charge is -2.22. The van der Waals surface area contributed by atoms with Crippen LogP contribution in [0.2, 0.25) is 0 Å². The fourth-order valence-corrected chi connectivity index (χ4v) is 21.8. The number of rotatable bonds is 8. The molecule has 4 aliphatic rings. The number of hydrogen-bond donors (Lipinski definition) is 0. The molecule has 0 amide bonds. The second-order valence-corrected chi connectivity index (χ2v) is 36.6. The Labute approximate surface area is 722 Å². The Kier molecular flexibility index (Phi) is 16.1. The first kappa shape index (κ1) is 73.1. The van der Waals surface area contributed by atoms with E-state index in [0.29, 0.717) is 0 Å². The van der Waals surface area contributed by atoms with Crippen molar-refractivity contribution >= 4 is 75.9 Å². The summed E-state index contributed by atoms with van der Waals surface area (Å²) in [7, 11) is 0. The standard InChI is InChI=1S/C62H44N2.C58H42N2/c1-61(2)53-22-12-9-17-43(53)45-31-29-39(33-55(45)61)50-35-52-51(37-25-27-38(28-26-37)59-48-20-7-5-15-41(48)47-19-11-14-24-57(47)63-59)36-58(64-60(52)49-21-8-6-16-42(49)50)40-30-32-46-44-18-10-13-23-54(44)62(3,4)56(46)34-40;1-57(2)49-18-10-8-15-41(49)43-28-25-38(31-51(43)57)46-33-48-47(35-21-23-37(24-22-35)54-30-27-36-13-5-12-20-53(36)59-54)34-55(60-56(48)45-17-7-6-14-40(45)46)39-26-29-44-42-16-9-11-19-50(42)58(3,4)52(44)32-39/h5-36H,1-4H3;5-34H,1-4H3. The number of fused-ring (bicyclic) bond motifs is 22. The van der Waals surface area contributed by atoms with Crippen molar-refractivity contribution in [2.45, 2.75) is 77.0 Å². The molecule has 4 aliphatic carbocycles. The molecular weight excluding hydrogens is 1500 g/mol. The van der Waals surface area contributed by atoms with Gasteiger partial charge in [0.15, 0.2) is 0 Å². The summed E-state index contributed by atoms with van der Waals surface area (Å²) in [6.07, 6.45) is 0. The van der Waals surface area contributed by atoms with Crippen molar-refractivity contribution in [1.29, 1.82) is 0 Å². The maximum absolute atomic E-state index is 5.64. The van der Waals surface area contributed by atoms with Crippen LogP contribution >= 0.6 is 0 Å². The number of nitrogens with zero attached hydrogens (tertiary/aromatic N) is 4. The van der Waals surface area contributed by atoms with Gasteiger partial charge in [0.2, 0.25) is 0 Å². The van der Waals surface area contributed by atoms with Crippen molar-refractivity contribution in [2.75, 3.05) is 0 Å². The number of benzene rings is 17. The lowest BCUT2D eigenvalue weighted by molar-refractivity contribution is 0.660. The molecule has 4 aromatic heterocycles. The Morgan fingerprint density at radius 2 is 0.476 bits per heavy atom. The molecule has 0 N–H and O–H groups in total. The molecule has 0 saturated heterocycles. The highest BCUT2D eigenvalue weighted by atomic mass is 14.7. The van der Waals surface area contributed by atoms with E-state index in [9.17, 15) is 0 Å². The van der Waals surface area contributed by atoms with Gasteiger partial charge in [-0.15, -0.1) is 0 Å². The van der Waals surface area contributed by atoms with Crippen molar-refractivity contribution in [3.63, 3.8) is 0 Å². The average Bonchev–Trinajstić information content (AvgIpc) is 1.42. The van der Waals surface area contributed by atoms with E-state index in [2.05, 4.69) is 432 Å². The van der Waals surface area contributed by atoms with Gasteiger partial charge in [-0.2, -0.15) is 0 Å². The van der Waals surface area contributed by atoms with Crippen molar-refractivity contribution in [2.24, 2.45) is 0 Å². The second kappa shape index (κ2) is 27.3. The zero-order valence-electron chi connectivity index (χ0n) is 70.6. The molecule has 25 rings (SSSR count). The Bertz CT molecular complexity index is 8160. The molecule has 0 bridgehead atoms. The Morgan fingerprint density at radius 1 is 0.161 bits per heavy atom. The zero-order chi connectivity index (χ0) is 83.2. The molecule has 586 valence electrons. The van der Waals surface area contributed by atoms with E-state index >= 15 is 0 Å². The first-order valence-corrected chi connectivity index (χ1v) is 43.5. The smallest absolute Gasteiger partial charge is 0.0794 e. The van der Waals surface area contributed by atoms with Gasteiger partial charge in [0.1, 0.15) is 0 Å². The summed E-state index contributed by atoms with van der Waals surface area (Å²) < 4.78 is 0. The Morgan fingerprint density at radius 3 is 0.919 bits per heavy atom. The van der Waals surface area contributed by atoms with E-state index in [4.69, 9.17) is 19.9 Å². The highest BCUT2D eigenvalue weighted by Crippen LogP contribution is 2.56. The van der Waals surface area contributed by atoms with Gasteiger partial charge in [0.25, 0.3) is 0 Å². The van der Waals surface area contributed by atoms with Gasteiger partial charge in [0.05, 0.1) is 44.8 Å². The van der Waals surface area contributed by atoms with Gasteiger partial charge in [-0.3, -0.25) is 0 Å². The molecule has 0 spiro atoms. The maximum atomic E-state index is 5.64. The van der Waals surface area contributed by atoms with E-state index < -0.39 is 0 Å². The summed E-state index contributed by atoms with van der Waals surface area (Å²) in [5.41, 5.74) is 43.0. The first-order chi connectivity index (χ1) is 60.5. The van der Waals surface area contributed by atoms with Crippen LogP contribution in [-0.2, 0) is 21.7 Å². The van der Waals surface area contributed by atoms with Gasteiger partial charge in [-0.1, -0.05) is 365 Å². The largest absolute Gasteiger partial charge is 0.248 e. The van der Waals surface area contributed by atoms with Gasteiger partial charge < -0.3 is 0 Å². The lowest BCUT2D eigenvalue weighted by Crippen LogP contribution is -2.15. The molecule has 0 atom stereocenters. The molecule has 124 heavy (non-hydrogen) atoms. The van der Waals surface area contributed by atoms with Crippen molar-refractivity contribution in [3.8, 4) is 134 Å². The summed E-state index contributed by atoms with van der Waals surface area (Å²) in [6.45, 7) is 18.8. The molecule has 4 heteroatoms. The van der Waals surface area contributed by atoms with Crippen LogP contribution in [0.5, 0.6) is 0 Å². The SMILES string of the molecule is CC1(C)c2ccccc2-c2ccc(-c3cc(-c4ccc(-c5ccc6ccccc6n5)cc4)c4cc(-c5ccc6c(c5)C(C)(C)c5ccccc5-6)c5ccccc5c4n3)cc21.CC1(C)c2ccccc2-c2ccc(-c3cc(-c4ccc(-c5nc6ccccc6c6ccccc56)cc4)c4cc(-c5ccc6c(c5)C(C)(C)c5ccccc5-6)c5ccccc5c4n3)cc21. The third-order valence-electron chi connectivity index (χ3n) is 28.4. The first-order valence-electron chi connectivity index (χ1n) is 43.5. The Balaban J connectivity index is 0.000000140. The van der Waals surface area contributed by atoms with E-state index in [1.165, 1.54) is 133 Å². The molecule has 17 aromatic carbocycles. The molecule has 0 saturated carbocycles. The van der Waals surface area contributed by atoms with Crippen LogP contribution in [0, 0.1) is 0 Å². The van der Waals surface area contributed by atoms with E-state index in [1.54, 1.807) is 0 Å². The van der Waals surface area contributed by atoms with Gasteiger partial charge in [-0.25, -0.2) is 19.9 Å². The molecule has 4 heterocycles. The van der Waals surface area contributed by atoms with Gasteiger partial charge >= 0.3 is 0 Å². The minimum atomic E-state index is -0.119. The van der Waals surface area contributed by atoms with Gasteiger partial charge in [0, 0.05) is 81.6 Å². The molecule has 0 aliphatic heterocycles. The summed E-state index contributed by atoms with van der Waals surface area (Å²) in [6, 6.07) is 139. The van der Waals surface area contributed by atoms with E-state index in [1.807, 2.05) is 0 Å². The topological polar surface area (TPSA) is 51.6 Å². The van der Waals surface area contributed by atoms with Crippen LogP contribution in [0.1, 0.15) is 99.9 Å². The average molecular weight is 1580 g/mol. The van der Waals surface area contributed by atoms with Crippen molar-refractivity contribution in [3.05, 3.63) is 421 Å². The second-order valence-electron chi connectivity index (χ2n) is 36.6. The molecule has 4 nitrogen and oxygen atoms in total. The highest BCUT2D eigenvalue weighted by Gasteiger charge is 2.40. The predicted octanol–water partition coefficient (Wildman–Crippen LogP) is 31.6. The molecular formula is C120H86N4. The highest BCUT2D eigenvalue weighted by molar-refractivity contribution is 6.19. The van der Waals surface area contributed by atoms with Gasteiger partial charge in [-0.05, 0) is 216 Å². The van der Waals surface area contributed by atoms with Crippen LogP contribution < -0.4 is 0 Å². The van der Waals surface area contributed by atoms with Crippen molar-refractivity contribution in [1.82, 2.24) is 19.9 Å². The quantitative estimate of drug-likeness (QED) is 0.142. The number of hydrogen-bond acceptors (Lipinski definition) is 4. The number of para-hydroxylation sites is 2. The Hall–Kier alpha value is -14.8. The summed E-state index contributed by atoms with van der Waals surface area (Å²) in [4.78, 5) is 21.5. The minimum Gasteiger partial charge on any atom is -0.248 e. The predicted molar refractivity (Wildman–Crippen MR) is 520 cm³/mol. The summed E-state index contributed by atoms with van der Waals surface area (Å²) in [5, 5.41) is 11.7. The van der Waals surface area contributed by atoms with Crippen LogP contribution in [0.25, 0.3) is 210 Å². The zero-order valence-corrected chi connectivity index (χ0v) is 70.6. The number of pyridine rings is 4. The molecule has 0 fully saturated rings. The fourth-order valence-electron chi connectivity index (χ4n) is 21.8. The van der Waals surface area contributed by atoms with Crippen LogP contribution in [0.15, 0.2) is 376 Å². The monoisotopic (exact) mass is 1580 g/mol. The van der Waals surface area contributed by atoms with Crippen molar-refractivity contribution < 1.29 is 0 Å². The third-order valence-corrected chi connectivity index (χ3v) is 28.4.